The highest BCUT2D eigenvalue weighted by Crippen LogP contribution is 2.38. The summed E-state index contributed by atoms with van der Waals surface area (Å²) < 4.78 is 49.9. The number of nitrogens with zero attached hydrogens (tertiary/aromatic N) is 1. The molecule has 12 nitrogen and oxygen atoms in total. The number of oxime groups is 1. The van der Waals surface area contributed by atoms with Crippen molar-refractivity contribution in [2.75, 3.05) is 13.7 Å². The SMILES string of the molecule is COC(=O)CC=C[C@@H](C)[C@@H](C=NOC[C@@H](O)[C@H]1O[C@@H]2OC(C)(C)O[C@@H]2[C@H]1O)NS(=O)(=O)c1ccc(C)cc1. The summed E-state index contributed by atoms with van der Waals surface area (Å²) in [6, 6.07) is 5.50. The molecule has 2 fully saturated rings. The van der Waals surface area contributed by atoms with E-state index in [-0.39, 0.29) is 17.9 Å². The van der Waals surface area contributed by atoms with Crippen LogP contribution in [-0.2, 0) is 38.6 Å². The van der Waals surface area contributed by atoms with Crippen LogP contribution in [0.5, 0.6) is 0 Å². The van der Waals surface area contributed by atoms with E-state index in [0.717, 1.165) is 5.56 Å². The Morgan fingerprint density at radius 1 is 1.26 bits per heavy atom. The van der Waals surface area contributed by atoms with Gasteiger partial charge in [-0.3, -0.25) is 4.79 Å². The lowest BCUT2D eigenvalue weighted by atomic mass is 10.0. The zero-order chi connectivity index (χ0) is 28.1. The molecule has 38 heavy (non-hydrogen) atoms. The lowest BCUT2D eigenvalue weighted by Crippen LogP contribution is -2.42. The molecule has 0 aliphatic carbocycles. The summed E-state index contributed by atoms with van der Waals surface area (Å²) >= 11 is 0. The van der Waals surface area contributed by atoms with Gasteiger partial charge in [-0.1, -0.05) is 41.9 Å². The molecule has 2 saturated heterocycles. The van der Waals surface area contributed by atoms with Crippen LogP contribution in [0.3, 0.4) is 0 Å². The van der Waals surface area contributed by atoms with Crippen molar-refractivity contribution in [2.24, 2.45) is 11.1 Å². The van der Waals surface area contributed by atoms with E-state index in [1.54, 1.807) is 45.1 Å². The molecule has 2 aliphatic rings. The number of aliphatic hydroxyl groups is 2. The number of nitrogens with one attached hydrogen (secondary N) is 1. The van der Waals surface area contributed by atoms with Gasteiger partial charge in [-0.25, -0.2) is 13.1 Å². The standard InChI is InChI=1S/C25H36N2O10S/c1-15-9-11-17(12-10-15)38(31,32)27-18(16(2)7-6-8-20(29)33-5)13-26-34-14-19(28)22-21(30)23-24(35-22)37-25(3,4)36-23/h6-7,9-13,16,18-19,21-24,27-28,30H,8,14H2,1-5H3/t16-,18-,19-,21+,22-,23-,24-/m1/s1. The number of aryl methyl sites for hydroxylation is 1. The molecule has 3 rings (SSSR count). The molecule has 2 heterocycles. The fourth-order valence-electron chi connectivity index (χ4n) is 3.98. The topological polar surface area (TPSA) is 162 Å². The van der Waals surface area contributed by atoms with Gasteiger partial charge >= 0.3 is 5.97 Å². The maximum Gasteiger partial charge on any atom is 0.309 e. The highest BCUT2D eigenvalue weighted by atomic mass is 32.2. The third-order valence-corrected chi connectivity index (χ3v) is 7.59. The number of benzene rings is 1. The van der Waals surface area contributed by atoms with Gasteiger partial charge in [0.1, 0.15) is 31.0 Å². The van der Waals surface area contributed by atoms with Crippen LogP contribution in [0.25, 0.3) is 0 Å². The third-order valence-electron chi connectivity index (χ3n) is 6.11. The zero-order valence-electron chi connectivity index (χ0n) is 22.0. The van der Waals surface area contributed by atoms with E-state index in [0.29, 0.717) is 0 Å². The molecule has 0 spiro atoms. The number of fused-ring (bicyclic) bond motifs is 1. The van der Waals surface area contributed by atoms with Crippen LogP contribution >= 0.6 is 0 Å². The van der Waals surface area contributed by atoms with Gasteiger partial charge in [0.2, 0.25) is 10.0 Å². The number of methoxy groups -OCH3 is 1. The summed E-state index contributed by atoms with van der Waals surface area (Å²) in [4.78, 5) is 16.7. The van der Waals surface area contributed by atoms with Crippen LogP contribution in [0.15, 0.2) is 46.5 Å². The molecule has 3 N–H and O–H groups in total. The van der Waals surface area contributed by atoms with E-state index in [1.807, 2.05) is 6.92 Å². The first-order chi connectivity index (χ1) is 17.8. The molecule has 7 atom stereocenters. The van der Waals surface area contributed by atoms with E-state index in [4.69, 9.17) is 19.0 Å². The van der Waals surface area contributed by atoms with Crippen molar-refractivity contribution in [3.8, 4) is 0 Å². The summed E-state index contributed by atoms with van der Waals surface area (Å²) in [6.45, 7) is 6.63. The van der Waals surface area contributed by atoms with Crippen molar-refractivity contribution in [2.45, 2.75) is 81.5 Å². The first-order valence-corrected chi connectivity index (χ1v) is 13.7. The van der Waals surface area contributed by atoms with Gasteiger partial charge in [-0.05, 0) is 38.8 Å². The fraction of sp³-hybridized carbons (Fsp3) is 0.600. The van der Waals surface area contributed by atoms with Crippen LogP contribution in [0, 0.1) is 12.8 Å². The van der Waals surface area contributed by atoms with E-state index in [9.17, 15) is 23.4 Å². The number of rotatable bonds is 12. The lowest BCUT2D eigenvalue weighted by molar-refractivity contribution is -0.228. The van der Waals surface area contributed by atoms with Gasteiger partial charge in [-0.15, -0.1) is 0 Å². The number of hydrogen-bond donors (Lipinski definition) is 3. The Balaban J connectivity index is 1.63. The number of aliphatic hydroxyl groups excluding tert-OH is 2. The number of hydrogen-bond acceptors (Lipinski definition) is 11. The minimum absolute atomic E-state index is 0.0222. The number of esters is 1. The summed E-state index contributed by atoms with van der Waals surface area (Å²) in [7, 11) is -2.63. The number of carbonyl (C=O) groups is 1. The second-order valence-electron chi connectivity index (χ2n) is 9.71. The van der Waals surface area contributed by atoms with E-state index < -0.39 is 64.4 Å². The molecule has 0 aromatic heterocycles. The summed E-state index contributed by atoms with van der Waals surface area (Å²) in [5.41, 5.74) is 0.912. The van der Waals surface area contributed by atoms with Crippen LogP contribution in [0.4, 0.5) is 0 Å². The van der Waals surface area contributed by atoms with E-state index >= 15 is 0 Å². The number of sulfonamides is 1. The molecular formula is C25H36N2O10S. The smallest absolute Gasteiger partial charge is 0.309 e. The Morgan fingerprint density at radius 3 is 2.58 bits per heavy atom. The molecular weight excluding hydrogens is 520 g/mol. The highest BCUT2D eigenvalue weighted by Gasteiger charge is 2.56. The minimum atomic E-state index is -3.91. The first kappa shape index (κ1) is 30.2. The van der Waals surface area contributed by atoms with E-state index in [1.165, 1.54) is 25.5 Å². The van der Waals surface area contributed by atoms with E-state index in [2.05, 4.69) is 14.6 Å². The van der Waals surface area contributed by atoms with Crippen LogP contribution in [0.1, 0.15) is 32.8 Å². The number of carbonyl (C=O) groups excluding carboxylic acids is 1. The van der Waals surface area contributed by atoms with Crippen molar-refractivity contribution >= 4 is 22.2 Å². The summed E-state index contributed by atoms with van der Waals surface area (Å²) in [5, 5.41) is 24.8. The lowest BCUT2D eigenvalue weighted by Gasteiger charge is -2.25. The average Bonchev–Trinajstić information content (AvgIpc) is 3.32. The molecule has 0 saturated carbocycles. The maximum absolute atomic E-state index is 13.0. The predicted octanol–water partition coefficient (Wildman–Crippen LogP) is 0.998. The van der Waals surface area contributed by atoms with Crippen molar-refractivity contribution < 1.29 is 47.2 Å². The Hall–Kier alpha value is -2.39. The molecule has 1 aromatic carbocycles. The van der Waals surface area contributed by atoms with Gasteiger partial charge in [0.15, 0.2) is 12.1 Å². The van der Waals surface area contributed by atoms with Crippen LogP contribution < -0.4 is 4.72 Å². The molecule has 0 radical (unpaired) electrons. The Labute approximate surface area is 222 Å². The quantitative estimate of drug-likeness (QED) is 0.147. The second-order valence-corrected chi connectivity index (χ2v) is 11.4. The second kappa shape index (κ2) is 12.6. The van der Waals surface area contributed by atoms with Crippen LogP contribution in [-0.4, -0.2) is 87.1 Å². The van der Waals surface area contributed by atoms with Gasteiger partial charge in [-0.2, -0.15) is 0 Å². The normalized spacial score (nSPS) is 27.3. The Kier molecular flexibility index (Phi) is 10.0. The van der Waals surface area contributed by atoms with Crippen molar-refractivity contribution in [3.05, 3.63) is 42.0 Å². The van der Waals surface area contributed by atoms with Crippen LogP contribution in [0.2, 0.25) is 0 Å². The average molecular weight is 557 g/mol. The molecule has 0 bridgehead atoms. The first-order valence-electron chi connectivity index (χ1n) is 12.2. The molecule has 13 heteroatoms. The minimum Gasteiger partial charge on any atom is -0.469 e. The van der Waals surface area contributed by atoms with Crippen molar-refractivity contribution in [1.82, 2.24) is 4.72 Å². The zero-order valence-corrected chi connectivity index (χ0v) is 22.8. The fourth-order valence-corrected chi connectivity index (χ4v) is 5.24. The monoisotopic (exact) mass is 556 g/mol. The molecule has 0 amide bonds. The Bertz CT molecular complexity index is 1110. The van der Waals surface area contributed by atoms with Gasteiger partial charge in [0, 0.05) is 0 Å². The summed E-state index contributed by atoms with van der Waals surface area (Å²) in [5.74, 6) is -1.78. The van der Waals surface area contributed by atoms with Gasteiger partial charge in [0.25, 0.3) is 0 Å². The van der Waals surface area contributed by atoms with Crippen molar-refractivity contribution in [1.29, 1.82) is 0 Å². The molecule has 212 valence electrons. The largest absolute Gasteiger partial charge is 0.469 e. The Morgan fingerprint density at radius 2 is 1.95 bits per heavy atom. The molecule has 1 aromatic rings. The summed E-state index contributed by atoms with van der Waals surface area (Å²) in [6.07, 6.45) is -0.483. The maximum atomic E-state index is 13.0. The molecule has 2 aliphatic heterocycles. The van der Waals surface area contributed by atoms with Gasteiger partial charge < -0.3 is 34.0 Å². The molecule has 0 unspecified atom stereocenters. The van der Waals surface area contributed by atoms with Gasteiger partial charge in [0.05, 0.1) is 30.7 Å². The highest BCUT2D eigenvalue weighted by molar-refractivity contribution is 7.89. The third kappa shape index (κ3) is 7.82. The van der Waals surface area contributed by atoms with Crippen molar-refractivity contribution in [3.63, 3.8) is 0 Å². The number of ether oxygens (including phenoxy) is 4. The predicted molar refractivity (Wildman–Crippen MR) is 135 cm³/mol.